The molecular formula is C33H25BrN2O. The van der Waals surface area contributed by atoms with Crippen LogP contribution in [0, 0.1) is 0 Å². The Morgan fingerprint density at radius 1 is 0.541 bits per heavy atom. The Labute approximate surface area is 225 Å². The zero-order chi connectivity index (χ0) is 25.1. The Morgan fingerprint density at radius 2 is 1.16 bits per heavy atom. The summed E-state index contributed by atoms with van der Waals surface area (Å²) in [6, 6.07) is 40.6. The number of ether oxygens (including phenoxy) is 1. The van der Waals surface area contributed by atoms with Gasteiger partial charge in [0.25, 0.3) is 0 Å². The maximum absolute atomic E-state index is 6.57. The lowest BCUT2D eigenvalue weighted by Gasteiger charge is -2.43. The van der Waals surface area contributed by atoms with E-state index in [-0.39, 0.29) is 5.41 Å². The molecule has 3 nitrogen and oxygen atoms in total. The SMILES string of the molecule is CC1(C)c2ccccc2N(c2ccc(Br)cc2)c2cc3c(cc21)Oc1ccccc1N3c1ccccc1. The molecule has 4 heteroatoms. The van der Waals surface area contributed by atoms with E-state index in [9.17, 15) is 0 Å². The van der Waals surface area contributed by atoms with Crippen molar-refractivity contribution in [2.45, 2.75) is 19.3 Å². The van der Waals surface area contributed by atoms with Gasteiger partial charge < -0.3 is 14.5 Å². The van der Waals surface area contributed by atoms with Crippen molar-refractivity contribution in [1.82, 2.24) is 0 Å². The highest BCUT2D eigenvalue weighted by molar-refractivity contribution is 9.10. The Kier molecular flexibility index (Phi) is 4.95. The van der Waals surface area contributed by atoms with Crippen molar-refractivity contribution in [2.24, 2.45) is 0 Å². The third kappa shape index (κ3) is 3.40. The van der Waals surface area contributed by atoms with Crippen molar-refractivity contribution in [3.63, 3.8) is 0 Å². The number of rotatable bonds is 2. The molecule has 0 unspecified atom stereocenters. The molecule has 0 bridgehead atoms. The zero-order valence-electron chi connectivity index (χ0n) is 20.7. The van der Waals surface area contributed by atoms with Crippen LogP contribution in [-0.2, 0) is 5.41 Å². The van der Waals surface area contributed by atoms with Crippen molar-refractivity contribution < 1.29 is 4.74 Å². The van der Waals surface area contributed by atoms with Gasteiger partial charge in [0.2, 0.25) is 0 Å². The van der Waals surface area contributed by atoms with E-state index < -0.39 is 0 Å². The lowest BCUT2D eigenvalue weighted by atomic mass is 9.73. The number of fused-ring (bicyclic) bond motifs is 4. The summed E-state index contributed by atoms with van der Waals surface area (Å²) < 4.78 is 7.63. The molecule has 2 aliphatic rings. The van der Waals surface area contributed by atoms with Crippen LogP contribution >= 0.6 is 15.9 Å². The highest BCUT2D eigenvalue weighted by atomic mass is 79.9. The molecule has 0 N–H and O–H groups in total. The van der Waals surface area contributed by atoms with Crippen LogP contribution in [0.15, 0.2) is 120 Å². The molecule has 2 aliphatic heterocycles. The van der Waals surface area contributed by atoms with E-state index in [4.69, 9.17) is 4.74 Å². The lowest BCUT2D eigenvalue weighted by molar-refractivity contribution is 0.474. The summed E-state index contributed by atoms with van der Waals surface area (Å²) in [5.41, 5.74) is 8.97. The van der Waals surface area contributed by atoms with Gasteiger partial charge in [0, 0.05) is 21.3 Å². The van der Waals surface area contributed by atoms with Crippen LogP contribution in [0.2, 0.25) is 0 Å². The van der Waals surface area contributed by atoms with Gasteiger partial charge in [-0.15, -0.1) is 0 Å². The van der Waals surface area contributed by atoms with Crippen LogP contribution in [0.5, 0.6) is 11.5 Å². The standard InChI is InChI=1S/C33H25BrN2O/c1-33(2)25-12-6-7-13-27(25)35(24-18-16-22(34)17-19-24)29-21-30-32(20-26(29)33)37-31-15-9-8-14-28(31)36(30)23-10-4-3-5-11-23/h3-21H,1-2H3. The first-order valence-corrected chi connectivity index (χ1v) is 13.3. The van der Waals surface area contributed by atoms with Crippen molar-refractivity contribution >= 4 is 50.1 Å². The molecule has 0 aromatic heterocycles. The summed E-state index contributed by atoms with van der Waals surface area (Å²) in [6.45, 7) is 4.61. The molecule has 37 heavy (non-hydrogen) atoms. The Hall–Kier alpha value is -4.02. The topological polar surface area (TPSA) is 15.7 Å². The number of hydrogen-bond acceptors (Lipinski definition) is 3. The number of para-hydroxylation sites is 4. The molecule has 0 amide bonds. The number of anilines is 6. The van der Waals surface area contributed by atoms with Crippen molar-refractivity contribution in [2.75, 3.05) is 9.80 Å². The van der Waals surface area contributed by atoms with Gasteiger partial charge in [-0.05, 0) is 77.9 Å². The van der Waals surface area contributed by atoms with Crippen LogP contribution in [0.3, 0.4) is 0 Å². The second-order valence-electron chi connectivity index (χ2n) is 10.0. The fraction of sp³-hybridized carbons (Fsp3) is 0.0909. The molecular weight excluding hydrogens is 520 g/mol. The molecule has 5 aromatic rings. The fourth-order valence-corrected chi connectivity index (χ4v) is 5.94. The van der Waals surface area contributed by atoms with Gasteiger partial charge in [0.05, 0.1) is 22.7 Å². The molecule has 0 saturated carbocycles. The first-order valence-electron chi connectivity index (χ1n) is 12.5. The summed E-state index contributed by atoms with van der Waals surface area (Å²) in [5, 5.41) is 0. The molecule has 0 aliphatic carbocycles. The highest BCUT2D eigenvalue weighted by Crippen LogP contribution is 2.58. The third-order valence-electron chi connectivity index (χ3n) is 7.48. The third-order valence-corrected chi connectivity index (χ3v) is 8.00. The predicted molar refractivity (Wildman–Crippen MR) is 156 cm³/mol. The van der Waals surface area contributed by atoms with Gasteiger partial charge in [0.15, 0.2) is 11.5 Å². The molecule has 0 saturated heterocycles. The van der Waals surface area contributed by atoms with Crippen LogP contribution in [-0.4, -0.2) is 0 Å². The average Bonchev–Trinajstić information content (AvgIpc) is 2.93. The second kappa shape index (κ2) is 8.25. The van der Waals surface area contributed by atoms with E-state index in [1.807, 2.05) is 12.1 Å². The molecule has 0 atom stereocenters. The van der Waals surface area contributed by atoms with Gasteiger partial charge in [-0.2, -0.15) is 0 Å². The molecule has 180 valence electrons. The van der Waals surface area contributed by atoms with Gasteiger partial charge in [-0.1, -0.05) is 78.3 Å². The zero-order valence-corrected chi connectivity index (χ0v) is 22.2. The molecule has 0 fully saturated rings. The normalized spacial score (nSPS) is 14.7. The Morgan fingerprint density at radius 3 is 1.95 bits per heavy atom. The van der Waals surface area contributed by atoms with Crippen LogP contribution in [0.25, 0.3) is 0 Å². The van der Waals surface area contributed by atoms with Gasteiger partial charge in [-0.3, -0.25) is 0 Å². The minimum absolute atomic E-state index is 0.204. The Balaban J connectivity index is 1.52. The van der Waals surface area contributed by atoms with E-state index in [0.717, 1.165) is 44.4 Å². The van der Waals surface area contributed by atoms with E-state index in [1.54, 1.807) is 0 Å². The van der Waals surface area contributed by atoms with Crippen LogP contribution < -0.4 is 14.5 Å². The first-order chi connectivity index (χ1) is 18.0. The number of halogens is 1. The predicted octanol–water partition coefficient (Wildman–Crippen LogP) is 10.1. The number of nitrogens with zero attached hydrogens (tertiary/aromatic N) is 2. The molecule has 5 aromatic carbocycles. The average molecular weight is 545 g/mol. The smallest absolute Gasteiger partial charge is 0.152 e. The fourth-order valence-electron chi connectivity index (χ4n) is 5.67. The van der Waals surface area contributed by atoms with E-state index in [0.29, 0.717) is 0 Å². The summed E-state index contributed by atoms with van der Waals surface area (Å²) in [4.78, 5) is 4.69. The summed E-state index contributed by atoms with van der Waals surface area (Å²) in [5.74, 6) is 1.72. The second-order valence-corrected chi connectivity index (χ2v) is 10.9. The van der Waals surface area contributed by atoms with Crippen LogP contribution in [0.4, 0.5) is 34.1 Å². The van der Waals surface area contributed by atoms with Crippen molar-refractivity contribution in [1.29, 1.82) is 0 Å². The summed E-state index contributed by atoms with van der Waals surface area (Å²) >= 11 is 3.61. The molecule has 2 heterocycles. The van der Waals surface area contributed by atoms with Crippen molar-refractivity contribution in [3.8, 4) is 11.5 Å². The van der Waals surface area contributed by atoms with Gasteiger partial charge in [-0.25, -0.2) is 0 Å². The van der Waals surface area contributed by atoms with Gasteiger partial charge >= 0.3 is 0 Å². The van der Waals surface area contributed by atoms with E-state index in [1.165, 1.54) is 16.8 Å². The highest BCUT2D eigenvalue weighted by Gasteiger charge is 2.39. The summed E-state index contributed by atoms with van der Waals surface area (Å²) in [6.07, 6.45) is 0. The monoisotopic (exact) mass is 544 g/mol. The van der Waals surface area contributed by atoms with E-state index in [2.05, 4.69) is 143 Å². The summed E-state index contributed by atoms with van der Waals surface area (Å²) in [7, 11) is 0. The largest absolute Gasteiger partial charge is 0.453 e. The molecule has 0 radical (unpaired) electrons. The lowest BCUT2D eigenvalue weighted by Crippen LogP contribution is -2.31. The molecule has 0 spiro atoms. The maximum atomic E-state index is 6.57. The minimum atomic E-state index is -0.204. The first kappa shape index (κ1) is 22.2. The quantitative estimate of drug-likeness (QED) is 0.215. The van der Waals surface area contributed by atoms with Crippen molar-refractivity contribution in [3.05, 3.63) is 131 Å². The number of benzene rings is 5. The number of hydrogen-bond donors (Lipinski definition) is 0. The maximum Gasteiger partial charge on any atom is 0.152 e. The minimum Gasteiger partial charge on any atom is -0.453 e. The van der Waals surface area contributed by atoms with E-state index >= 15 is 0 Å². The Bertz CT molecular complexity index is 1640. The van der Waals surface area contributed by atoms with Crippen LogP contribution in [0.1, 0.15) is 25.0 Å². The molecule has 7 rings (SSSR count). The van der Waals surface area contributed by atoms with Gasteiger partial charge in [0.1, 0.15) is 0 Å².